The van der Waals surface area contributed by atoms with Gasteiger partial charge in [0, 0.05) is 19.7 Å². The lowest BCUT2D eigenvalue weighted by atomic mass is 10.0. The summed E-state index contributed by atoms with van der Waals surface area (Å²) in [4.78, 5) is 0. The van der Waals surface area contributed by atoms with E-state index in [0.717, 1.165) is 50.1 Å². The minimum absolute atomic E-state index is 0.212. The SMILES string of the molecule is CC1(c2nnc3n2CCNC3C2CC2)CCCO1. The Morgan fingerprint density at radius 1 is 1.39 bits per heavy atom. The van der Waals surface area contributed by atoms with Crippen molar-refractivity contribution in [1.29, 1.82) is 0 Å². The van der Waals surface area contributed by atoms with Crippen LogP contribution in [0.3, 0.4) is 0 Å². The Morgan fingerprint density at radius 2 is 2.28 bits per heavy atom. The standard InChI is InChI=1S/C13H20N4O/c1-13(5-2-8-18-13)12-16-15-11-10(9-3-4-9)14-6-7-17(11)12/h9-10,14H,2-8H2,1H3. The highest BCUT2D eigenvalue weighted by atomic mass is 16.5. The number of hydrogen-bond donors (Lipinski definition) is 1. The molecule has 0 radical (unpaired) electrons. The second kappa shape index (κ2) is 3.78. The van der Waals surface area contributed by atoms with E-state index >= 15 is 0 Å². The first kappa shape index (κ1) is 10.9. The molecular weight excluding hydrogens is 228 g/mol. The maximum absolute atomic E-state index is 5.92. The average Bonchev–Trinajstić information content (AvgIpc) is 2.97. The Hall–Kier alpha value is -0.940. The van der Waals surface area contributed by atoms with E-state index in [9.17, 15) is 0 Å². The van der Waals surface area contributed by atoms with Crippen molar-refractivity contribution in [2.75, 3.05) is 13.2 Å². The third-order valence-corrected chi connectivity index (χ3v) is 4.54. The van der Waals surface area contributed by atoms with Gasteiger partial charge in [-0.25, -0.2) is 0 Å². The molecule has 2 fully saturated rings. The number of fused-ring (bicyclic) bond motifs is 1. The van der Waals surface area contributed by atoms with E-state index in [1.165, 1.54) is 12.8 Å². The van der Waals surface area contributed by atoms with E-state index < -0.39 is 0 Å². The van der Waals surface area contributed by atoms with Gasteiger partial charge in [0.05, 0.1) is 6.04 Å². The summed E-state index contributed by atoms with van der Waals surface area (Å²) in [6.45, 7) is 5.00. The second-order valence-corrected chi connectivity index (χ2v) is 5.99. The molecule has 2 aliphatic heterocycles. The molecule has 1 saturated carbocycles. The third-order valence-electron chi connectivity index (χ3n) is 4.54. The summed E-state index contributed by atoms with van der Waals surface area (Å²) in [6, 6.07) is 0.421. The van der Waals surface area contributed by atoms with E-state index in [0.29, 0.717) is 6.04 Å². The molecule has 2 unspecified atom stereocenters. The molecule has 18 heavy (non-hydrogen) atoms. The first-order chi connectivity index (χ1) is 8.78. The number of hydrogen-bond acceptors (Lipinski definition) is 4. The summed E-state index contributed by atoms with van der Waals surface area (Å²) in [5, 5.41) is 12.5. The van der Waals surface area contributed by atoms with Gasteiger partial charge in [0.2, 0.25) is 0 Å². The lowest BCUT2D eigenvalue weighted by molar-refractivity contribution is 0.00562. The maximum Gasteiger partial charge on any atom is 0.165 e. The Morgan fingerprint density at radius 3 is 3.00 bits per heavy atom. The molecule has 2 atom stereocenters. The largest absolute Gasteiger partial charge is 0.367 e. The first-order valence-corrected chi connectivity index (χ1v) is 7.09. The zero-order chi connectivity index (χ0) is 12.2. The molecule has 5 heteroatoms. The molecule has 1 N–H and O–H groups in total. The van der Waals surface area contributed by atoms with Crippen molar-refractivity contribution in [2.24, 2.45) is 5.92 Å². The van der Waals surface area contributed by atoms with E-state index in [2.05, 4.69) is 27.0 Å². The molecule has 1 saturated heterocycles. The zero-order valence-electron chi connectivity index (χ0n) is 10.9. The van der Waals surface area contributed by atoms with Crippen LogP contribution < -0.4 is 5.32 Å². The van der Waals surface area contributed by atoms with Crippen LogP contribution >= 0.6 is 0 Å². The summed E-state index contributed by atoms with van der Waals surface area (Å²) in [5.74, 6) is 2.95. The van der Waals surface area contributed by atoms with Crippen molar-refractivity contribution in [3.63, 3.8) is 0 Å². The average molecular weight is 248 g/mol. The molecule has 0 bridgehead atoms. The lowest BCUT2D eigenvalue weighted by Gasteiger charge is -2.28. The molecule has 3 heterocycles. The Balaban J connectivity index is 1.73. The smallest absolute Gasteiger partial charge is 0.165 e. The molecule has 0 amide bonds. The van der Waals surface area contributed by atoms with Crippen LogP contribution in [0.1, 0.15) is 50.3 Å². The van der Waals surface area contributed by atoms with Crippen LogP contribution in [0, 0.1) is 5.92 Å². The van der Waals surface area contributed by atoms with Crippen molar-refractivity contribution in [3.8, 4) is 0 Å². The van der Waals surface area contributed by atoms with Crippen molar-refractivity contribution in [2.45, 2.75) is 50.8 Å². The summed E-state index contributed by atoms with van der Waals surface area (Å²) in [5.41, 5.74) is -0.212. The highest BCUT2D eigenvalue weighted by Crippen LogP contribution is 2.43. The van der Waals surface area contributed by atoms with Crippen LogP contribution in [0.25, 0.3) is 0 Å². The lowest BCUT2D eigenvalue weighted by Crippen LogP contribution is -2.37. The summed E-state index contributed by atoms with van der Waals surface area (Å²) in [7, 11) is 0. The number of rotatable bonds is 2. The number of ether oxygens (including phenoxy) is 1. The van der Waals surface area contributed by atoms with Gasteiger partial charge < -0.3 is 14.6 Å². The topological polar surface area (TPSA) is 52.0 Å². The Labute approximate surface area is 107 Å². The van der Waals surface area contributed by atoms with Gasteiger partial charge in [-0.05, 0) is 38.5 Å². The first-order valence-electron chi connectivity index (χ1n) is 7.09. The maximum atomic E-state index is 5.92. The highest BCUT2D eigenvalue weighted by Gasteiger charge is 2.42. The van der Waals surface area contributed by atoms with Crippen LogP contribution in [0.5, 0.6) is 0 Å². The van der Waals surface area contributed by atoms with Crippen LogP contribution in [-0.4, -0.2) is 27.9 Å². The molecule has 3 aliphatic rings. The molecule has 1 aliphatic carbocycles. The third kappa shape index (κ3) is 1.53. The molecule has 98 valence electrons. The van der Waals surface area contributed by atoms with E-state index in [1.807, 2.05) is 0 Å². The molecule has 4 rings (SSSR count). The zero-order valence-corrected chi connectivity index (χ0v) is 10.9. The van der Waals surface area contributed by atoms with Gasteiger partial charge in [-0.15, -0.1) is 10.2 Å². The van der Waals surface area contributed by atoms with Crippen molar-refractivity contribution in [1.82, 2.24) is 20.1 Å². The fourth-order valence-corrected chi connectivity index (χ4v) is 3.34. The predicted molar refractivity (Wildman–Crippen MR) is 66.0 cm³/mol. The van der Waals surface area contributed by atoms with Gasteiger partial charge in [0.25, 0.3) is 0 Å². The van der Waals surface area contributed by atoms with Gasteiger partial charge in [0.1, 0.15) is 5.60 Å². The minimum atomic E-state index is -0.212. The number of nitrogens with one attached hydrogen (secondary N) is 1. The van der Waals surface area contributed by atoms with Crippen LogP contribution in [-0.2, 0) is 16.9 Å². The van der Waals surface area contributed by atoms with Crippen LogP contribution in [0.4, 0.5) is 0 Å². The fraction of sp³-hybridized carbons (Fsp3) is 0.846. The molecule has 1 aromatic rings. The molecule has 5 nitrogen and oxygen atoms in total. The molecular formula is C13H20N4O. The highest BCUT2D eigenvalue weighted by molar-refractivity contribution is 5.13. The molecule has 0 aromatic carbocycles. The number of aromatic nitrogens is 3. The summed E-state index contributed by atoms with van der Waals surface area (Å²) >= 11 is 0. The quantitative estimate of drug-likeness (QED) is 0.858. The number of nitrogens with zero attached hydrogens (tertiary/aromatic N) is 3. The normalized spacial score (nSPS) is 35.7. The van der Waals surface area contributed by atoms with Gasteiger partial charge in [-0.3, -0.25) is 0 Å². The Bertz CT molecular complexity index is 460. The van der Waals surface area contributed by atoms with Crippen LogP contribution in [0.2, 0.25) is 0 Å². The van der Waals surface area contributed by atoms with Gasteiger partial charge in [0.15, 0.2) is 11.6 Å². The summed E-state index contributed by atoms with van der Waals surface area (Å²) < 4.78 is 8.23. The molecule has 1 aromatic heterocycles. The van der Waals surface area contributed by atoms with Gasteiger partial charge in [-0.1, -0.05) is 0 Å². The monoisotopic (exact) mass is 248 g/mol. The van der Waals surface area contributed by atoms with Gasteiger partial charge >= 0.3 is 0 Å². The van der Waals surface area contributed by atoms with Crippen molar-refractivity contribution in [3.05, 3.63) is 11.6 Å². The van der Waals surface area contributed by atoms with E-state index in [-0.39, 0.29) is 5.60 Å². The predicted octanol–water partition coefficient (Wildman–Crippen LogP) is 1.36. The van der Waals surface area contributed by atoms with Crippen molar-refractivity contribution >= 4 is 0 Å². The van der Waals surface area contributed by atoms with E-state index in [4.69, 9.17) is 4.74 Å². The van der Waals surface area contributed by atoms with E-state index in [1.54, 1.807) is 0 Å². The van der Waals surface area contributed by atoms with Crippen molar-refractivity contribution < 1.29 is 4.74 Å². The minimum Gasteiger partial charge on any atom is -0.367 e. The molecule has 0 spiro atoms. The second-order valence-electron chi connectivity index (χ2n) is 5.99. The summed E-state index contributed by atoms with van der Waals surface area (Å²) in [6.07, 6.45) is 4.84. The van der Waals surface area contributed by atoms with Crippen LogP contribution in [0.15, 0.2) is 0 Å². The van der Waals surface area contributed by atoms with Gasteiger partial charge in [-0.2, -0.15) is 0 Å². The Kier molecular flexibility index (Phi) is 2.29. The fourth-order valence-electron chi connectivity index (χ4n) is 3.34.